The van der Waals surface area contributed by atoms with E-state index in [0.29, 0.717) is 5.82 Å². The first-order valence-electron chi connectivity index (χ1n) is 8.71. The quantitative estimate of drug-likeness (QED) is 0.485. The normalized spacial score (nSPS) is 11.5. The molecule has 0 saturated heterocycles. The number of nitrogens with zero attached hydrogens (tertiary/aromatic N) is 7. The first-order valence-corrected chi connectivity index (χ1v) is 8.71. The molecule has 5 aromatic heterocycles. The minimum atomic E-state index is 0.586. The van der Waals surface area contributed by atoms with Crippen LogP contribution >= 0.6 is 0 Å². The van der Waals surface area contributed by atoms with Crippen LogP contribution in [0.3, 0.4) is 0 Å². The highest BCUT2D eigenvalue weighted by Gasteiger charge is 2.20. The van der Waals surface area contributed by atoms with Crippen LogP contribution in [0.4, 0.5) is 0 Å². The number of aryl methyl sites for hydroxylation is 2. The number of hydrogen-bond acceptors (Lipinski definition) is 5. The average molecular weight is 355 g/mol. The number of hydrogen-bond donors (Lipinski definition) is 0. The van der Waals surface area contributed by atoms with Crippen LogP contribution in [0.15, 0.2) is 49.1 Å². The largest absolute Gasteiger partial charge is 0.282 e. The maximum atomic E-state index is 4.75. The van der Waals surface area contributed by atoms with Crippen LogP contribution in [0.2, 0.25) is 0 Å². The molecule has 0 amide bonds. The summed E-state index contributed by atoms with van der Waals surface area (Å²) in [6.45, 7) is 6.22. The van der Waals surface area contributed by atoms with Crippen molar-refractivity contribution in [2.75, 3.05) is 0 Å². The van der Waals surface area contributed by atoms with Crippen molar-refractivity contribution < 1.29 is 0 Å². The fourth-order valence-corrected chi connectivity index (χ4v) is 3.39. The van der Waals surface area contributed by atoms with Crippen molar-refractivity contribution in [3.05, 3.63) is 65.9 Å². The van der Waals surface area contributed by atoms with E-state index < -0.39 is 0 Å². The van der Waals surface area contributed by atoms with Gasteiger partial charge in [0.25, 0.3) is 0 Å². The zero-order valence-electron chi connectivity index (χ0n) is 15.2. The van der Waals surface area contributed by atoms with Crippen molar-refractivity contribution in [3.8, 4) is 17.3 Å². The molecule has 0 radical (unpaired) electrons. The Morgan fingerprint density at radius 1 is 0.889 bits per heavy atom. The predicted molar refractivity (Wildman–Crippen MR) is 103 cm³/mol. The van der Waals surface area contributed by atoms with E-state index in [4.69, 9.17) is 4.98 Å². The molecule has 0 unspecified atom stereocenters. The average Bonchev–Trinajstić information content (AvgIpc) is 3.22. The standard InChI is InChI=1S/C20H17N7/c1-12-7-9-22-16(10-12)27-14(3)13(2)17-19(27)23-11-26-20(17)24-18(25-26)15-6-4-5-8-21-15/h4-11H,1-3H3. The Kier molecular flexibility index (Phi) is 3.30. The Morgan fingerprint density at radius 2 is 1.78 bits per heavy atom. The molecule has 0 saturated carbocycles. The Morgan fingerprint density at radius 3 is 2.56 bits per heavy atom. The van der Waals surface area contributed by atoms with Crippen molar-refractivity contribution in [3.63, 3.8) is 0 Å². The van der Waals surface area contributed by atoms with Gasteiger partial charge < -0.3 is 0 Å². The number of aromatic nitrogens is 7. The third-order valence-electron chi connectivity index (χ3n) is 4.86. The lowest BCUT2D eigenvalue weighted by Crippen LogP contribution is -2.01. The summed E-state index contributed by atoms with van der Waals surface area (Å²) >= 11 is 0. The topological polar surface area (TPSA) is 73.8 Å². The summed E-state index contributed by atoms with van der Waals surface area (Å²) in [5.41, 5.74) is 5.70. The summed E-state index contributed by atoms with van der Waals surface area (Å²) in [5.74, 6) is 1.44. The van der Waals surface area contributed by atoms with Gasteiger partial charge in [0.1, 0.15) is 17.8 Å². The lowest BCUT2D eigenvalue weighted by Gasteiger charge is -2.07. The highest BCUT2D eigenvalue weighted by atomic mass is 15.3. The smallest absolute Gasteiger partial charge is 0.200 e. The van der Waals surface area contributed by atoms with Gasteiger partial charge in [-0.25, -0.2) is 19.5 Å². The Bertz CT molecular complexity index is 1300. The van der Waals surface area contributed by atoms with Gasteiger partial charge in [0, 0.05) is 18.1 Å². The number of rotatable bonds is 2. The third kappa shape index (κ3) is 2.32. The van der Waals surface area contributed by atoms with E-state index in [1.807, 2.05) is 30.5 Å². The van der Waals surface area contributed by atoms with Gasteiger partial charge >= 0.3 is 0 Å². The Balaban J connectivity index is 1.82. The number of pyridine rings is 2. The molecule has 7 heteroatoms. The van der Waals surface area contributed by atoms with E-state index in [2.05, 4.69) is 51.5 Å². The van der Waals surface area contributed by atoms with Gasteiger partial charge in [0.2, 0.25) is 5.82 Å². The van der Waals surface area contributed by atoms with Gasteiger partial charge in [-0.05, 0) is 56.2 Å². The molecular weight excluding hydrogens is 338 g/mol. The summed E-state index contributed by atoms with van der Waals surface area (Å²) in [6.07, 6.45) is 5.26. The van der Waals surface area contributed by atoms with Crippen LogP contribution in [0, 0.1) is 20.8 Å². The van der Waals surface area contributed by atoms with Gasteiger partial charge in [-0.2, -0.15) is 0 Å². The molecule has 7 nitrogen and oxygen atoms in total. The van der Waals surface area contributed by atoms with Crippen LogP contribution < -0.4 is 0 Å². The number of fused-ring (bicyclic) bond motifs is 3. The van der Waals surface area contributed by atoms with Gasteiger partial charge in [0.05, 0.1) is 5.39 Å². The van der Waals surface area contributed by atoms with E-state index >= 15 is 0 Å². The van der Waals surface area contributed by atoms with Crippen LogP contribution in [-0.2, 0) is 0 Å². The van der Waals surface area contributed by atoms with Crippen LogP contribution in [0.25, 0.3) is 34.0 Å². The summed E-state index contributed by atoms with van der Waals surface area (Å²) in [7, 11) is 0. The molecule has 0 bridgehead atoms. The molecule has 0 fully saturated rings. The van der Waals surface area contributed by atoms with Gasteiger partial charge in [0.15, 0.2) is 11.3 Å². The molecule has 0 aliphatic rings. The summed E-state index contributed by atoms with van der Waals surface area (Å²) in [5, 5.41) is 5.54. The fourth-order valence-electron chi connectivity index (χ4n) is 3.39. The first kappa shape index (κ1) is 15.6. The van der Waals surface area contributed by atoms with Crippen molar-refractivity contribution in [1.82, 2.24) is 34.1 Å². The second-order valence-electron chi connectivity index (χ2n) is 6.60. The molecule has 0 N–H and O–H groups in total. The van der Waals surface area contributed by atoms with E-state index in [1.165, 1.54) is 0 Å². The first-order chi connectivity index (χ1) is 13.1. The van der Waals surface area contributed by atoms with Crippen molar-refractivity contribution in [2.24, 2.45) is 0 Å². The molecule has 5 rings (SSSR count). The molecule has 27 heavy (non-hydrogen) atoms. The highest BCUT2D eigenvalue weighted by molar-refractivity contribution is 5.95. The minimum absolute atomic E-state index is 0.586. The zero-order valence-corrected chi connectivity index (χ0v) is 15.2. The van der Waals surface area contributed by atoms with Gasteiger partial charge in [-0.15, -0.1) is 5.10 Å². The fraction of sp³-hybridized carbons (Fsp3) is 0.150. The van der Waals surface area contributed by atoms with Crippen molar-refractivity contribution in [1.29, 1.82) is 0 Å². The zero-order chi connectivity index (χ0) is 18.5. The summed E-state index contributed by atoms with van der Waals surface area (Å²) < 4.78 is 3.79. The second-order valence-corrected chi connectivity index (χ2v) is 6.60. The molecule has 0 spiro atoms. The minimum Gasteiger partial charge on any atom is -0.282 e. The maximum Gasteiger partial charge on any atom is 0.200 e. The van der Waals surface area contributed by atoms with Crippen LogP contribution in [-0.4, -0.2) is 34.1 Å². The molecule has 0 aliphatic carbocycles. The molecule has 0 aromatic carbocycles. The second kappa shape index (κ2) is 5.70. The van der Waals surface area contributed by atoms with E-state index in [1.54, 1.807) is 17.0 Å². The van der Waals surface area contributed by atoms with Gasteiger partial charge in [-0.1, -0.05) is 6.07 Å². The monoisotopic (exact) mass is 355 g/mol. The molecular formula is C20H17N7. The summed E-state index contributed by atoms with van der Waals surface area (Å²) in [6, 6.07) is 9.75. The molecule has 0 atom stereocenters. The molecule has 5 heterocycles. The van der Waals surface area contributed by atoms with E-state index in [9.17, 15) is 0 Å². The molecule has 0 aliphatic heterocycles. The van der Waals surface area contributed by atoms with E-state index in [0.717, 1.165) is 45.0 Å². The van der Waals surface area contributed by atoms with Crippen molar-refractivity contribution >= 4 is 16.7 Å². The van der Waals surface area contributed by atoms with E-state index in [-0.39, 0.29) is 0 Å². The lowest BCUT2D eigenvalue weighted by atomic mass is 10.2. The molecule has 5 aromatic rings. The summed E-state index contributed by atoms with van der Waals surface area (Å²) in [4.78, 5) is 18.3. The predicted octanol–water partition coefficient (Wildman–Crippen LogP) is 3.45. The van der Waals surface area contributed by atoms with Crippen LogP contribution in [0.1, 0.15) is 16.8 Å². The highest BCUT2D eigenvalue weighted by Crippen LogP contribution is 2.30. The Hall–Kier alpha value is -3.61. The maximum absolute atomic E-state index is 4.75. The SMILES string of the molecule is Cc1ccnc(-n2c(C)c(C)c3c2ncn2nc(-c4ccccn4)nc32)c1. The van der Waals surface area contributed by atoms with Gasteiger partial charge in [-0.3, -0.25) is 9.55 Å². The molecule has 132 valence electrons. The Labute approximate surface area is 155 Å². The van der Waals surface area contributed by atoms with Crippen molar-refractivity contribution in [2.45, 2.75) is 20.8 Å². The van der Waals surface area contributed by atoms with Crippen LogP contribution in [0.5, 0.6) is 0 Å². The third-order valence-corrected chi connectivity index (χ3v) is 4.86. The lowest BCUT2D eigenvalue weighted by molar-refractivity contribution is 0.917.